The van der Waals surface area contributed by atoms with E-state index in [0.717, 1.165) is 13.1 Å². The standard InChI is InChI=1S/C12H15FN2O/c1-9-8-14-5-6-15(9)12(16)10-3-2-4-11(13)7-10/h2-4,7,9,14H,5-6,8H2,1H3. The molecule has 2 rings (SSSR count). The van der Waals surface area contributed by atoms with Gasteiger partial charge in [-0.25, -0.2) is 4.39 Å². The predicted octanol–water partition coefficient (Wildman–Crippen LogP) is 1.26. The lowest BCUT2D eigenvalue weighted by molar-refractivity contribution is 0.0655. The Morgan fingerprint density at radius 3 is 3.06 bits per heavy atom. The number of amides is 1. The van der Waals surface area contributed by atoms with Crippen molar-refractivity contribution in [3.8, 4) is 0 Å². The summed E-state index contributed by atoms with van der Waals surface area (Å²) in [5.41, 5.74) is 0.425. The highest BCUT2D eigenvalue weighted by Gasteiger charge is 2.23. The molecule has 4 heteroatoms. The van der Waals surface area contributed by atoms with Crippen molar-refractivity contribution in [2.24, 2.45) is 0 Å². The molecule has 1 saturated heterocycles. The molecule has 1 aromatic rings. The van der Waals surface area contributed by atoms with Crippen LogP contribution in [0.2, 0.25) is 0 Å². The number of benzene rings is 1. The van der Waals surface area contributed by atoms with E-state index >= 15 is 0 Å². The second-order valence-electron chi connectivity index (χ2n) is 4.06. The van der Waals surface area contributed by atoms with Crippen LogP contribution in [0.25, 0.3) is 0 Å². The third kappa shape index (κ3) is 2.22. The molecule has 1 aliphatic rings. The van der Waals surface area contributed by atoms with Gasteiger partial charge in [0, 0.05) is 31.2 Å². The fourth-order valence-corrected chi connectivity index (χ4v) is 1.93. The topological polar surface area (TPSA) is 32.3 Å². The Hall–Kier alpha value is -1.42. The zero-order valence-corrected chi connectivity index (χ0v) is 9.24. The second kappa shape index (κ2) is 4.61. The monoisotopic (exact) mass is 222 g/mol. The van der Waals surface area contributed by atoms with Crippen molar-refractivity contribution in [3.05, 3.63) is 35.6 Å². The summed E-state index contributed by atoms with van der Waals surface area (Å²) in [5, 5.41) is 3.21. The smallest absolute Gasteiger partial charge is 0.254 e. The van der Waals surface area contributed by atoms with Gasteiger partial charge < -0.3 is 10.2 Å². The van der Waals surface area contributed by atoms with Crippen molar-refractivity contribution in [1.82, 2.24) is 10.2 Å². The Morgan fingerprint density at radius 1 is 1.56 bits per heavy atom. The molecule has 1 fully saturated rings. The summed E-state index contributed by atoms with van der Waals surface area (Å²) < 4.78 is 13.0. The van der Waals surface area contributed by atoms with E-state index in [1.165, 1.54) is 12.1 Å². The van der Waals surface area contributed by atoms with Crippen LogP contribution in [0.4, 0.5) is 4.39 Å². The van der Waals surface area contributed by atoms with Crippen molar-refractivity contribution >= 4 is 5.91 Å². The lowest BCUT2D eigenvalue weighted by atomic mass is 10.1. The van der Waals surface area contributed by atoms with E-state index < -0.39 is 0 Å². The van der Waals surface area contributed by atoms with Gasteiger partial charge in [0.1, 0.15) is 5.82 Å². The Balaban J connectivity index is 2.17. The SMILES string of the molecule is CC1CNCCN1C(=O)c1cccc(F)c1. The maximum atomic E-state index is 13.0. The fraction of sp³-hybridized carbons (Fsp3) is 0.417. The zero-order valence-electron chi connectivity index (χ0n) is 9.24. The molecular weight excluding hydrogens is 207 g/mol. The van der Waals surface area contributed by atoms with Gasteiger partial charge in [-0.15, -0.1) is 0 Å². The highest BCUT2D eigenvalue weighted by molar-refractivity contribution is 5.94. The molecule has 1 aliphatic heterocycles. The number of carbonyl (C=O) groups is 1. The van der Waals surface area contributed by atoms with Crippen molar-refractivity contribution in [2.45, 2.75) is 13.0 Å². The van der Waals surface area contributed by atoms with E-state index in [9.17, 15) is 9.18 Å². The van der Waals surface area contributed by atoms with Crippen LogP contribution in [-0.2, 0) is 0 Å². The molecule has 0 aliphatic carbocycles. The van der Waals surface area contributed by atoms with Crippen molar-refractivity contribution in [3.63, 3.8) is 0 Å². The van der Waals surface area contributed by atoms with Crippen LogP contribution in [0, 0.1) is 5.82 Å². The van der Waals surface area contributed by atoms with Gasteiger partial charge >= 0.3 is 0 Å². The molecule has 3 nitrogen and oxygen atoms in total. The maximum Gasteiger partial charge on any atom is 0.254 e. The average Bonchev–Trinajstić information content (AvgIpc) is 2.29. The van der Waals surface area contributed by atoms with E-state index in [1.54, 1.807) is 17.0 Å². The minimum Gasteiger partial charge on any atom is -0.333 e. The van der Waals surface area contributed by atoms with Gasteiger partial charge in [0.15, 0.2) is 0 Å². The quantitative estimate of drug-likeness (QED) is 0.776. The number of nitrogens with zero attached hydrogens (tertiary/aromatic N) is 1. The van der Waals surface area contributed by atoms with Crippen LogP contribution in [-0.4, -0.2) is 36.5 Å². The Kier molecular flexibility index (Phi) is 3.19. The molecule has 1 amide bonds. The van der Waals surface area contributed by atoms with Crippen LogP contribution in [0.5, 0.6) is 0 Å². The number of piperazine rings is 1. The normalized spacial score (nSPS) is 20.9. The van der Waals surface area contributed by atoms with Crippen LogP contribution in [0.3, 0.4) is 0 Å². The largest absolute Gasteiger partial charge is 0.333 e. The highest BCUT2D eigenvalue weighted by atomic mass is 19.1. The minimum absolute atomic E-state index is 0.0894. The van der Waals surface area contributed by atoms with Crippen molar-refractivity contribution in [2.75, 3.05) is 19.6 Å². The average molecular weight is 222 g/mol. The molecule has 1 N–H and O–H groups in total. The lowest BCUT2D eigenvalue weighted by Crippen LogP contribution is -2.52. The Bertz CT molecular complexity index is 394. The van der Waals surface area contributed by atoms with Gasteiger partial charge in [0.25, 0.3) is 5.91 Å². The zero-order chi connectivity index (χ0) is 11.5. The third-order valence-corrected chi connectivity index (χ3v) is 2.83. The molecule has 1 heterocycles. The molecule has 0 spiro atoms. The second-order valence-corrected chi connectivity index (χ2v) is 4.06. The van der Waals surface area contributed by atoms with E-state index in [2.05, 4.69) is 5.32 Å². The van der Waals surface area contributed by atoms with Crippen LogP contribution in [0.1, 0.15) is 17.3 Å². The first-order valence-corrected chi connectivity index (χ1v) is 5.46. The van der Waals surface area contributed by atoms with E-state index in [-0.39, 0.29) is 17.8 Å². The first-order chi connectivity index (χ1) is 7.68. The van der Waals surface area contributed by atoms with E-state index in [4.69, 9.17) is 0 Å². The summed E-state index contributed by atoms with van der Waals surface area (Å²) in [5.74, 6) is -0.456. The number of hydrogen-bond acceptors (Lipinski definition) is 2. The van der Waals surface area contributed by atoms with Gasteiger partial charge in [-0.2, -0.15) is 0 Å². The molecular formula is C12H15FN2O. The molecule has 86 valence electrons. The maximum absolute atomic E-state index is 13.0. The molecule has 0 bridgehead atoms. The molecule has 1 atom stereocenters. The number of rotatable bonds is 1. The van der Waals surface area contributed by atoms with Crippen LogP contribution >= 0.6 is 0 Å². The fourth-order valence-electron chi connectivity index (χ4n) is 1.93. The first kappa shape index (κ1) is 11.1. The Labute approximate surface area is 94.3 Å². The highest BCUT2D eigenvalue weighted by Crippen LogP contribution is 2.11. The van der Waals surface area contributed by atoms with Crippen molar-refractivity contribution in [1.29, 1.82) is 0 Å². The number of nitrogens with one attached hydrogen (secondary N) is 1. The molecule has 0 saturated carbocycles. The molecule has 16 heavy (non-hydrogen) atoms. The summed E-state index contributed by atoms with van der Waals surface area (Å²) in [6.45, 7) is 4.26. The first-order valence-electron chi connectivity index (χ1n) is 5.46. The van der Waals surface area contributed by atoms with Crippen LogP contribution < -0.4 is 5.32 Å². The van der Waals surface area contributed by atoms with E-state index in [0.29, 0.717) is 12.1 Å². The summed E-state index contributed by atoms with van der Waals surface area (Å²) in [4.78, 5) is 13.9. The number of hydrogen-bond donors (Lipinski definition) is 1. The number of halogens is 1. The van der Waals surface area contributed by atoms with Gasteiger partial charge in [0.05, 0.1) is 0 Å². The van der Waals surface area contributed by atoms with E-state index in [1.807, 2.05) is 6.92 Å². The summed E-state index contributed by atoms with van der Waals surface area (Å²) in [7, 11) is 0. The summed E-state index contributed by atoms with van der Waals surface area (Å²) in [6, 6.07) is 6.01. The Morgan fingerprint density at radius 2 is 2.38 bits per heavy atom. The van der Waals surface area contributed by atoms with Gasteiger partial charge in [0.2, 0.25) is 0 Å². The molecule has 1 aromatic carbocycles. The molecule has 0 aromatic heterocycles. The number of carbonyl (C=O) groups excluding carboxylic acids is 1. The van der Waals surface area contributed by atoms with Gasteiger partial charge in [-0.1, -0.05) is 6.07 Å². The van der Waals surface area contributed by atoms with Gasteiger partial charge in [-0.3, -0.25) is 4.79 Å². The third-order valence-electron chi connectivity index (χ3n) is 2.83. The van der Waals surface area contributed by atoms with Gasteiger partial charge in [-0.05, 0) is 25.1 Å². The van der Waals surface area contributed by atoms with Crippen LogP contribution in [0.15, 0.2) is 24.3 Å². The molecule has 1 unspecified atom stereocenters. The molecule has 0 radical (unpaired) electrons. The minimum atomic E-state index is -0.367. The van der Waals surface area contributed by atoms with Crippen molar-refractivity contribution < 1.29 is 9.18 Å². The predicted molar refractivity (Wildman–Crippen MR) is 59.8 cm³/mol. The lowest BCUT2D eigenvalue weighted by Gasteiger charge is -2.34. The summed E-state index contributed by atoms with van der Waals surface area (Å²) >= 11 is 0. The summed E-state index contributed by atoms with van der Waals surface area (Å²) in [6.07, 6.45) is 0.